The Morgan fingerprint density at radius 3 is 1.25 bits per heavy atom. The first-order chi connectivity index (χ1) is 34.0. The topological polar surface area (TPSA) is 42.0 Å². The second kappa shape index (κ2) is 14.9. The van der Waals surface area contributed by atoms with E-state index in [1.54, 1.807) is 45.3 Å². The predicted molar refractivity (Wildman–Crippen MR) is 289 cm³/mol. The summed E-state index contributed by atoms with van der Waals surface area (Å²) in [5.74, 6) is 1.01. The smallest absolute Gasteiger partial charge is 0.340 e. The molecule has 0 N–H and O–H groups in total. The van der Waals surface area contributed by atoms with Gasteiger partial charge in [-0.1, -0.05) is 127 Å². The second-order valence-corrected chi connectivity index (χ2v) is 21.9. The van der Waals surface area contributed by atoms with E-state index in [9.17, 15) is 4.79 Å². The normalized spacial score (nSPS) is 14.6. The molecule has 7 aromatic carbocycles. The molecule has 9 heteroatoms. The molecule has 0 unspecified atom stereocenters. The minimum Gasteiger partial charge on any atom is -0.456 e. The first-order valence-electron chi connectivity index (χ1n) is 22.7. The van der Waals surface area contributed by atoms with Crippen LogP contribution >= 0.6 is 45.3 Å². The molecule has 4 aliphatic rings. The first-order valence-corrected chi connectivity index (χ1v) is 26.0. The van der Waals surface area contributed by atoms with Crippen molar-refractivity contribution in [2.75, 3.05) is 9.80 Å². The SMILES string of the molecule is O=C1OC2(c3ccc(-c4cc5sc(N6c7ccccc7C=Cc7ccccc76)cc5s4)cc3Oc3cc(-c4cc5sc(N6c7ccccc7C=Cc7ccccc76)cc5s4)ccc32)c2ccccc21. The highest BCUT2D eigenvalue weighted by Gasteiger charge is 2.53. The number of para-hydroxylation sites is 4. The minimum atomic E-state index is -1.16. The van der Waals surface area contributed by atoms with E-state index in [0.29, 0.717) is 17.1 Å². The number of benzene rings is 7. The first kappa shape index (κ1) is 39.2. The van der Waals surface area contributed by atoms with E-state index in [2.05, 4.69) is 192 Å². The maximum absolute atomic E-state index is 13.8. The molecular weight excluding hydrogens is 925 g/mol. The average molecular weight is 959 g/mol. The van der Waals surface area contributed by atoms with Gasteiger partial charge in [-0.15, -0.1) is 45.3 Å². The van der Waals surface area contributed by atoms with Crippen LogP contribution in [-0.4, -0.2) is 5.97 Å². The van der Waals surface area contributed by atoms with Gasteiger partial charge in [-0.3, -0.25) is 0 Å². The zero-order valence-electron chi connectivity index (χ0n) is 36.4. The van der Waals surface area contributed by atoms with E-state index in [0.717, 1.165) is 37.6 Å². The van der Waals surface area contributed by atoms with Crippen molar-refractivity contribution in [1.29, 1.82) is 0 Å². The van der Waals surface area contributed by atoms with E-state index >= 15 is 0 Å². The van der Waals surface area contributed by atoms with Gasteiger partial charge in [0.2, 0.25) is 0 Å². The van der Waals surface area contributed by atoms with Crippen LogP contribution in [0.5, 0.6) is 11.5 Å². The Bertz CT molecular complexity index is 3660. The number of nitrogens with zero attached hydrogens (tertiary/aromatic N) is 2. The average Bonchev–Trinajstić information content (AvgIpc) is 4.18. The van der Waals surface area contributed by atoms with Gasteiger partial charge >= 0.3 is 5.97 Å². The van der Waals surface area contributed by atoms with Crippen LogP contribution in [0.1, 0.15) is 49.3 Å². The molecule has 4 aromatic heterocycles. The number of hydrogen-bond donors (Lipinski definition) is 0. The molecule has 0 bridgehead atoms. The lowest BCUT2D eigenvalue weighted by atomic mass is 9.77. The Kier molecular flexibility index (Phi) is 8.44. The quantitative estimate of drug-likeness (QED) is 0.164. The molecular formula is C60H34N2O3S4. The Morgan fingerprint density at radius 1 is 0.391 bits per heavy atom. The highest BCUT2D eigenvalue weighted by atomic mass is 32.1. The summed E-state index contributed by atoms with van der Waals surface area (Å²) >= 11 is 7.17. The molecule has 0 amide bonds. The maximum atomic E-state index is 13.8. The minimum absolute atomic E-state index is 0.336. The number of rotatable bonds is 4. The lowest BCUT2D eigenvalue weighted by Crippen LogP contribution is -2.33. The van der Waals surface area contributed by atoms with Crippen molar-refractivity contribution in [3.05, 3.63) is 226 Å². The van der Waals surface area contributed by atoms with Gasteiger partial charge in [-0.25, -0.2) is 4.79 Å². The summed E-state index contributed by atoms with van der Waals surface area (Å²) in [4.78, 5) is 20.9. The molecule has 0 aliphatic carbocycles. The van der Waals surface area contributed by atoms with Crippen LogP contribution in [0.2, 0.25) is 0 Å². The molecule has 4 aliphatic heterocycles. The Hall–Kier alpha value is -7.79. The zero-order valence-corrected chi connectivity index (χ0v) is 39.6. The third-order valence-corrected chi connectivity index (χ3v) is 18.4. The molecule has 11 aromatic rings. The molecule has 69 heavy (non-hydrogen) atoms. The number of anilines is 6. The Balaban J connectivity index is 0.804. The number of carbonyl (C=O) groups is 1. The van der Waals surface area contributed by atoms with Crippen molar-refractivity contribution >= 4 is 127 Å². The number of fused-ring (bicyclic) bond motifs is 12. The third kappa shape index (κ3) is 5.88. The fraction of sp³-hybridized carbons (Fsp3) is 0.0167. The third-order valence-electron chi connectivity index (χ3n) is 13.7. The number of ether oxygens (including phenoxy) is 2. The van der Waals surface area contributed by atoms with Crippen LogP contribution in [0.15, 0.2) is 182 Å². The summed E-state index contributed by atoms with van der Waals surface area (Å²) in [7, 11) is 0. The van der Waals surface area contributed by atoms with Gasteiger partial charge in [-0.2, -0.15) is 0 Å². The maximum Gasteiger partial charge on any atom is 0.340 e. The van der Waals surface area contributed by atoms with Crippen molar-refractivity contribution < 1.29 is 14.3 Å². The van der Waals surface area contributed by atoms with Crippen LogP contribution in [0.3, 0.4) is 0 Å². The van der Waals surface area contributed by atoms with E-state index in [4.69, 9.17) is 9.47 Å². The summed E-state index contributed by atoms with van der Waals surface area (Å²) in [6, 6.07) is 64.1. The summed E-state index contributed by atoms with van der Waals surface area (Å²) in [5, 5.41) is 2.35. The van der Waals surface area contributed by atoms with E-state index in [1.165, 1.54) is 73.8 Å². The molecule has 0 radical (unpaired) electrons. The highest BCUT2D eigenvalue weighted by molar-refractivity contribution is 7.32. The van der Waals surface area contributed by atoms with Gasteiger partial charge < -0.3 is 19.3 Å². The second-order valence-electron chi connectivity index (χ2n) is 17.6. The van der Waals surface area contributed by atoms with Crippen LogP contribution in [0, 0.1) is 0 Å². The van der Waals surface area contributed by atoms with Crippen molar-refractivity contribution in [2.24, 2.45) is 0 Å². The predicted octanol–water partition coefficient (Wildman–Crippen LogP) is 18.0. The molecule has 15 rings (SSSR count). The van der Waals surface area contributed by atoms with Crippen LogP contribution in [0.25, 0.3) is 64.0 Å². The van der Waals surface area contributed by atoms with Gasteiger partial charge in [0.25, 0.3) is 0 Å². The van der Waals surface area contributed by atoms with E-state index in [1.807, 2.05) is 24.3 Å². The molecule has 326 valence electrons. The van der Waals surface area contributed by atoms with Crippen molar-refractivity contribution in [3.8, 4) is 32.4 Å². The van der Waals surface area contributed by atoms with E-state index in [-0.39, 0.29) is 5.97 Å². The van der Waals surface area contributed by atoms with Crippen LogP contribution in [0.4, 0.5) is 32.8 Å². The molecule has 0 atom stereocenters. The van der Waals surface area contributed by atoms with Crippen LogP contribution < -0.4 is 14.5 Å². The summed E-state index contributed by atoms with van der Waals surface area (Å²) in [5.41, 5.74) is 13.4. The van der Waals surface area contributed by atoms with Gasteiger partial charge in [0, 0.05) is 45.2 Å². The summed E-state index contributed by atoms with van der Waals surface area (Å²) in [6.07, 6.45) is 8.84. The Morgan fingerprint density at radius 2 is 0.797 bits per heavy atom. The lowest BCUT2D eigenvalue weighted by Gasteiger charge is -2.36. The van der Waals surface area contributed by atoms with Crippen molar-refractivity contribution in [2.45, 2.75) is 5.60 Å². The summed E-state index contributed by atoms with van der Waals surface area (Å²) in [6.45, 7) is 0. The van der Waals surface area contributed by atoms with Gasteiger partial charge in [-0.05, 0) is 112 Å². The van der Waals surface area contributed by atoms with Gasteiger partial charge in [0.05, 0.1) is 28.3 Å². The lowest BCUT2D eigenvalue weighted by molar-refractivity contribution is 0.0224. The molecule has 0 saturated carbocycles. The van der Waals surface area contributed by atoms with E-state index < -0.39 is 5.60 Å². The zero-order chi connectivity index (χ0) is 45.4. The number of thiophene rings is 4. The molecule has 5 nitrogen and oxygen atoms in total. The fourth-order valence-corrected chi connectivity index (χ4v) is 15.4. The number of carbonyl (C=O) groups excluding carboxylic acids is 1. The largest absolute Gasteiger partial charge is 0.456 e. The standard InChI is InChI=1S/C60H34N2O3S4/c63-59-41-15-5-6-16-42(41)60(65-59)43-27-25-39(51-31-53-55(66-51)33-57(68-53)61-45-17-7-1-11-35(45)21-22-36-12-2-8-18-46(36)61)29-49(43)64-50-30-40(26-28-44(50)60)52-32-54-56(67-52)34-58(69-54)62-47-19-9-3-13-37(47)23-24-38-14-4-10-20-48(38)62/h1-34H. The van der Waals surface area contributed by atoms with Gasteiger partial charge in [0.1, 0.15) is 21.5 Å². The Labute approximate surface area is 413 Å². The number of hydrogen-bond acceptors (Lipinski definition) is 9. The number of esters is 1. The molecule has 0 fully saturated rings. The van der Waals surface area contributed by atoms with Crippen molar-refractivity contribution in [1.82, 2.24) is 0 Å². The highest BCUT2D eigenvalue weighted by Crippen LogP contribution is 2.58. The van der Waals surface area contributed by atoms with Crippen molar-refractivity contribution in [3.63, 3.8) is 0 Å². The molecule has 8 heterocycles. The summed E-state index contributed by atoms with van der Waals surface area (Å²) < 4.78 is 18.5. The molecule has 1 spiro atoms. The van der Waals surface area contributed by atoms with Crippen LogP contribution in [-0.2, 0) is 10.3 Å². The van der Waals surface area contributed by atoms with Gasteiger partial charge in [0.15, 0.2) is 5.60 Å². The monoisotopic (exact) mass is 958 g/mol. The fourth-order valence-electron chi connectivity index (χ4n) is 10.6. The molecule has 0 saturated heterocycles.